The zero-order chi connectivity index (χ0) is 12.5. The van der Waals surface area contributed by atoms with Crippen LogP contribution in [0.2, 0.25) is 0 Å². The summed E-state index contributed by atoms with van der Waals surface area (Å²) in [5.41, 5.74) is 13.2. The third-order valence-corrected chi connectivity index (χ3v) is 3.64. The quantitative estimate of drug-likeness (QED) is 0.348. The molecule has 1 rings (SSSR count). The van der Waals surface area contributed by atoms with Gasteiger partial charge in [-0.3, -0.25) is 0 Å². The van der Waals surface area contributed by atoms with Crippen LogP contribution in [0.5, 0.6) is 0 Å². The average Bonchev–Trinajstić information content (AvgIpc) is 2.29. The molecule has 3 heteroatoms. The Morgan fingerprint density at radius 1 is 0.938 bits per heavy atom. The van der Waals surface area contributed by atoms with Crippen molar-refractivity contribution in [1.82, 2.24) is 0 Å². The van der Waals surface area contributed by atoms with Gasteiger partial charge in [0.1, 0.15) is 5.84 Å². The molecule has 0 saturated carbocycles. The maximum atomic E-state index is 8.63. The fourth-order valence-electron chi connectivity index (χ4n) is 2.06. The second-order valence-electron chi connectivity index (χ2n) is 4.37. The molecule has 0 radical (unpaired) electrons. The van der Waals surface area contributed by atoms with Crippen LogP contribution in [0.25, 0.3) is 0 Å². The van der Waals surface area contributed by atoms with Gasteiger partial charge in [0.15, 0.2) is 0 Å². The Morgan fingerprint density at radius 3 is 1.69 bits per heavy atom. The predicted molar refractivity (Wildman–Crippen MR) is 67.2 cm³/mol. The maximum Gasteiger partial charge on any atom is 0.143 e. The molecule has 0 unspecified atom stereocenters. The number of hydrogen-bond donors (Lipinski definition) is 2. The molecule has 16 heavy (non-hydrogen) atoms. The molecule has 0 aromatic heterocycles. The predicted octanol–water partition coefficient (Wildman–Crippen LogP) is 2.52. The summed E-state index contributed by atoms with van der Waals surface area (Å²) in [6.07, 6.45) is 0.510. The summed E-state index contributed by atoms with van der Waals surface area (Å²) in [7, 11) is 0. The van der Waals surface area contributed by atoms with Crippen molar-refractivity contribution in [3.8, 4) is 0 Å². The van der Waals surface area contributed by atoms with Gasteiger partial charge in [0, 0.05) is 6.42 Å². The Balaban J connectivity index is 3.40. The SMILES string of the molecule is Cc1c(C)c(C)c(CC(N)=NO)c(C)c1C. The van der Waals surface area contributed by atoms with E-state index in [9.17, 15) is 0 Å². The Kier molecular flexibility index (Phi) is 3.58. The van der Waals surface area contributed by atoms with Crippen LogP contribution in [-0.4, -0.2) is 11.0 Å². The minimum absolute atomic E-state index is 0.258. The topological polar surface area (TPSA) is 58.6 Å². The van der Waals surface area contributed by atoms with Gasteiger partial charge in [-0.05, 0) is 68.0 Å². The Labute approximate surface area is 97.0 Å². The van der Waals surface area contributed by atoms with Crippen LogP contribution in [0.3, 0.4) is 0 Å². The van der Waals surface area contributed by atoms with Crippen LogP contribution in [0.4, 0.5) is 0 Å². The van der Waals surface area contributed by atoms with E-state index in [0.29, 0.717) is 6.42 Å². The summed E-state index contributed by atoms with van der Waals surface area (Å²) in [6.45, 7) is 10.6. The van der Waals surface area contributed by atoms with E-state index in [2.05, 4.69) is 39.8 Å². The van der Waals surface area contributed by atoms with Crippen molar-refractivity contribution in [2.45, 2.75) is 41.0 Å². The minimum atomic E-state index is 0.258. The third kappa shape index (κ3) is 2.03. The number of amidine groups is 1. The van der Waals surface area contributed by atoms with Crippen molar-refractivity contribution in [1.29, 1.82) is 0 Å². The lowest BCUT2D eigenvalue weighted by Gasteiger charge is -2.18. The zero-order valence-electron chi connectivity index (χ0n) is 10.7. The second-order valence-corrected chi connectivity index (χ2v) is 4.37. The van der Waals surface area contributed by atoms with Crippen molar-refractivity contribution in [3.05, 3.63) is 33.4 Å². The first-order valence-corrected chi connectivity index (χ1v) is 5.42. The molecule has 0 bridgehead atoms. The summed E-state index contributed by atoms with van der Waals surface area (Å²) >= 11 is 0. The highest BCUT2D eigenvalue weighted by atomic mass is 16.4. The maximum absolute atomic E-state index is 8.63. The molecule has 0 aliphatic heterocycles. The molecule has 0 fully saturated rings. The number of oxime groups is 1. The van der Waals surface area contributed by atoms with E-state index in [-0.39, 0.29) is 5.84 Å². The van der Waals surface area contributed by atoms with Gasteiger partial charge in [-0.15, -0.1) is 0 Å². The van der Waals surface area contributed by atoms with Crippen molar-refractivity contribution >= 4 is 5.84 Å². The van der Waals surface area contributed by atoms with Gasteiger partial charge in [0.2, 0.25) is 0 Å². The summed E-state index contributed by atoms with van der Waals surface area (Å²) in [5.74, 6) is 0.258. The van der Waals surface area contributed by atoms with Gasteiger partial charge in [-0.25, -0.2) is 0 Å². The fourth-order valence-corrected chi connectivity index (χ4v) is 2.06. The lowest BCUT2D eigenvalue weighted by Crippen LogP contribution is -2.17. The van der Waals surface area contributed by atoms with Gasteiger partial charge >= 0.3 is 0 Å². The normalized spacial score (nSPS) is 11.9. The van der Waals surface area contributed by atoms with E-state index in [0.717, 1.165) is 0 Å². The number of rotatable bonds is 2. The zero-order valence-corrected chi connectivity index (χ0v) is 10.7. The van der Waals surface area contributed by atoms with E-state index in [1.807, 2.05) is 0 Å². The second kappa shape index (κ2) is 4.56. The molecule has 0 saturated heterocycles. The molecule has 3 nitrogen and oxygen atoms in total. The van der Waals surface area contributed by atoms with Crippen molar-refractivity contribution < 1.29 is 5.21 Å². The Bertz CT molecular complexity index is 419. The minimum Gasteiger partial charge on any atom is -0.409 e. The lowest BCUT2D eigenvalue weighted by molar-refractivity contribution is 0.317. The molecule has 0 aliphatic carbocycles. The summed E-state index contributed by atoms with van der Waals surface area (Å²) in [6, 6.07) is 0. The van der Waals surface area contributed by atoms with Crippen LogP contribution in [0.15, 0.2) is 5.16 Å². The summed E-state index contributed by atoms with van der Waals surface area (Å²) in [5, 5.41) is 11.7. The molecule has 0 aliphatic rings. The van der Waals surface area contributed by atoms with Crippen molar-refractivity contribution in [2.75, 3.05) is 0 Å². The molecular weight excluding hydrogens is 200 g/mol. The number of hydrogen-bond acceptors (Lipinski definition) is 2. The van der Waals surface area contributed by atoms with Gasteiger partial charge in [-0.2, -0.15) is 0 Å². The average molecular weight is 220 g/mol. The monoisotopic (exact) mass is 220 g/mol. The van der Waals surface area contributed by atoms with Crippen molar-refractivity contribution in [2.24, 2.45) is 10.9 Å². The molecule has 0 heterocycles. The smallest absolute Gasteiger partial charge is 0.143 e. The van der Waals surface area contributed by atoms with Crippen LogP contribution in [0.1, 0.15) is 33.4 Å². The molecule has 1 aromatic rings. The van der Waals surface area contributed by atoms with E-state index in [1.165, 1.54) is 33.4 Å². The first-order chi connectivity index (χ1) is 7.40. The highest BCUT2D eigenvalue weighted by Gasteiger charge is 2.12. The first kappa shape index (κ1) is 12.6. The van der Waals surface area contributed by atoms with Crippen LogP contribution >= 0.6 is 0 Å². The first-order valence-electron chi connectivity index (χ1n) is 5.42. The summed E-state index contributed by atoms with van der Waals surface area (Å²) in [4.78, 5) is 0. The van der Waals surface area contributed by atoms with E-state index in [1.54, 1.807) is 0 Å². The molecule has 3 N–H and O–H groups in total. The summed E-state index contributed by atoms with van der Waals surface area (Å²) < 4.78 is 0. The fraction of sp³-hybridized carbons (Fsp3) is 0.462. The number of benzene rings is 1. The molecule has 1 aromatic carbocycles. The standard InChI is InChI=1S/C13H20N2O/c1-7-8(2)10(4)12(6-13(14)15-16)11(5)9(7)3/h16H,6H2,1-5H3,(H2,14,15). The van der Waals surface area contributed by atoms with Gasteiger partial charge in [0.25, 0.3) is 0 Å². The highest BCUT2D eigenvalue weighted by molar-refractivity contribution is 5.83. The molecule has 88 valence electrons. The van der Waals surface area contributed by atoms with Gasteiger partial charge in [-0.1, -0.05) is 5.16 Å². The molecule has 0 amide bonds. The van der Waals surface area contributed by atoms with Crippen molar-refractivity contribution in [3.63, 3.8) is 0 Å². The van der Waals surface area contributed by atoms with Crippen LogP contribution < -0.4 is 5.73 Å². The number of nitrogens with two attached hydrogens (primary N) is 1. The Morgan fingerprint density at radius 2 is 1.31 bits per heavy atom. The van der Waals surface area contributed by atoms with Crippen LogP contribution in [0, 0.1) is 34.6 Å². The van der Waals surface area contributed by atoms with Gasteiger partial charge < -0.3 is 10.9 Å². The highest BCUT2D eigenvalue weighted by Crippen LogP contribution is 2.26. The molecule has 0 atom stereocenters. The molecule has 0 spiro atoms. The van der Waals surface area contributed by atoms with E-state index >= 15 is 0 Å². The third-order valence-electron chi connectivity index (χ3n) is 3.64. The largest absolute Gasteiger partial charge is 0.409 e. The Hall–Kier alpha value is -1.51. The van der Waals surface area contributed by atoms with Gasteiger partial charge in [0.05, 0.1) is 0 Å². The lowest BCUT2D eigenvalue weighted by atomic mass is 9.88. The van der Waals surface area contributed by atoms with E-state index in [4.69, 9.17) is 10.9 Å². The van der Waals surface area contributed by atoms with Crippen LogP contribution in [-0.2, 0) is 6.42 Å². The number of nitrogens with zero attached hydrogens (tertiary/aromatic N) is 1. The van der Waals surface area contributed by atoms with E-state index < -0.39 is 0 Å². The molecular formula is C13H20N2O.